The van der Waals surface area contributed by atoms with Gasteiger partial charge in [-0.25, -0.2) is 0 Å². The van der Waals surface area contributed by atoms with E-state index in [1.54, 1.807) is 11.8 Å². The lowest BCUT2D eigenvalue weighted by atomic mass is 10.1. The van der Waals surface area contributed by atoms with Crippen LogP contribution in [0.3, 0.4) is 0 Å². The highest BCUT2D eigenvalue weighted by Crippen LogP contribution is 2.32. The second-order valence-corrected chi connectivity index (χ2v) is 6.79. The van der Waals surface area contributed by atoms with E-state index in [2.05, 4.69) is 28.8 Å². The van der Waals surface area contributed by atoms with Crippen LogP contribution in [0.5, 0.6) is 0 Å². The largest absolute Gasteiger partial charge is 0.469 e. The minimum atomic E-state index is -0.196. The van der Waals surface area contributed by atoms with Gasteiger partial charge in [0, 0.05) is 11.7 Å². The predicted molar refractivity (Wildman–Crippen MR) is 74.9 cm³/mol. The number of ether oxygens (including phenoxy) is 1. The molecule has 0 unspecified atom stereocenters. The van der Waals surface area contributed by atoms with Crippen molar-refractivity contribution in [2.75, 3.05) is 7.11 Å². The summed E-state index contributed by atoms with van der Waals surface area (Å²) in [5, 5.41) is 8.34. The van der Waals surface area contributed by atoms with Gasteiger partial charge in [-0.1, -0.05) is 20.8 Å². The van der Waals surface area contributed by atoms with Gasteiger partial charge in [-0.3, -0.25) is 4.79 Å². The molecular weight excluding hydrogens is 264 g/mol. The lowest BCUT2D eigenvalue weighted by molar-refractivity contribution is -0.140. The number of thioether (sulfide) groups is 1. The Balaban J connectivity index is 2.50. The molecule has 0 saturated carbocycles. The van der Waals surface area contributed by atoms with E-state index in [9.17, 15) is 4.79 Å². The lowest BCUT2D eigenvalue weighted by Crippen LogP contribution is -2.09. The van der Waals surface area contributed by atoms with E-state index in [1.165, 1.54) is 7.11 Å². The summed E-state index contributed by atoms with van der Waals surface area (Å²) in [4.78, 5) is 11.2. The molecule has 1 aromatic rings. The molecule has 1 rings (SSSR count). The predicted octanol–water partition coefficient (Wildman–Crippen LogP) is 3.01. The molecule has 5 nitrogen and oxygen atoms in total. The van der Waals surface area contributed by atoms with Crippen LogP contribution in [0.4, 0.5) is 0 Å². The number of hydrogen-bond donors (Lipinski definition) is 0. The molecule has 0 amide bonds. The highest BCUT2D eigenvalue weighted by atomic mass is 32.2. The Morgan fingerprint density at radius 1 is 1.32 bits per heavy atom. The fourth-order valence-corrected chi connectivity index (χ4v) is 2.78. The Morgan fingerprint density at radius 2 is 2.00 bits per heavy atom. The quantitative estimate of drug-likeness (QED) is 0.718. The summed E-state index contributed by atoms with van der Waals surface area (Å²) in [5.41, 5.74) is 0. The standard InChI is InChI=1S/C13H22N2O3S/c1-8(2)6-11-14-15-13(18-11)10(4)19-9(3)7-12(16)17-5/h8-10H,6-7H2,1-5H3/t9-,10-/m0/s1. The molecule has 6 heteroatoms. The average Bonchev–Trinajstić information content (AvgIpc) is 2.76. The molecule has 1 heterocycles. The number of nitrogens with zero attached hydrogens (tertiary/aromatic N) is 2. The molecule has 0 aromatic carbocycles. The molecule has 108 valence electrons. The third-order valence-corrected chi connectivity index (χ3v) is 3.77. The van der Waals surface area contributed by atoms with Gasteiger partial charge in [0.25, 0.3) is 0 Å². The minimum absolute atomic E-state index is 0.0769. The molecule has 0 fully saturated rings. The van der Waals surface area contributed by atoms with Gasteiger partial charge in [-0.2, -0.15) is 0 Å². The smallest absolute Gasteiger partial charge is 0.306 e. The summed E-state index contributed by atoms with van der Waals surface area (Å²) in [6.07, 6.45) is 1.18. The number of methoxy groups -OCH3 is 1. The van der Waals surface area contributed by atoms with Crippen LogP contribution in [0.2, 0.25) is 0 Å². The maximum absolute atomic E-state index is 11.2. The fraction of sp³-hybridized carbons (Fsp3) is 0.769. The van der Waals surface area contributed by atoms with Crippen molar-refractivity contribution in [3.63, 3.8) is 0 Å². The molecule has 0 radical (unpaired) electrons. The van der Waals surface area contributed by atoms with Gasteiger partial charge in [0.15, 0.2) is 0 Å². The van der Waals surface area contributed by atoms with Crippen LogP contribution in [0, 0.1) is 5.92 Å². The first-order valence-corrected chi connectivity index (χ1v) is 7.41. The van der Waals surface area contributed by atoms with Crippen LogP contribution in [0.1, 0.15) is 51.1 Å². The fourth-order valence-electron chi connectivity index (χ4n) is 1.64. The summed E-state index contributed by atoms with van der Waals surface area (Å²) in [6.45, 7) is 8.22. The monoisotopic (exact) mass is 286 g/mol. The van der Waals surface area contributed by atoms with E-state index < -0.39 is 0 Å². The van der Waals surface area contributed by atoms with E-state index in [0.29, 0.717) is 24.1 Å². The summed E-state index contributed by atoms with van der Waals surface area (Å²) >= 11 is 1.63. The maximum Gasteiger partial charge on any atom is 0.306 e. The number of hydrogen-bond acceptors (Lipinski definition) is 6. The molecule has 19 heavy (non-hydrogen) atoms. The van der Waals surface area contributed by atoms with Crippen molar-refractivity contribution in [1.82, 2.24) is 10.2 Å². The number of carbonyl (C=O) groups excluding carboxylic acids is 1. The van der Waals surface area contributed by atoms with Gasteiger partial charge < -0.3 is 9.15 Å². The minimum Gasteiger partial charge on any atom is -0.469 e. The van der Waals surface area contributed by atoms with Crippen molar-refractivity contribution in [2.24, 2.45) is 5.92 Å². The number of rotatable bonds is 7. The van der Waals surface area contributed by atoms with Crippen molar-refractivity contribution in [1.29, 1.82) is 0 Å². The average molecular weight is 286 g/mol. The van der Waals surface area contributed by atoms with Gasteiger partial charge in [0.05, 0.1) is 18.8 Å². The van der Waals surface area contributed by atoms with Crippen molar-refractivity contribution >= 4 is 17.7 Å². The molecule has 0 aliphatic heterocycles. The molecule has 0 aliphatic carbocycles. The van der Waals surface area contributed by atoms with E-state index in [-0.39, 0.29) is 16.5 Å². The van der Waals surface area contributed by atoms with Crippen LogP contribution in [-0.2, 0) is 16.0 Å². The zero-order chi connectivity index (χ0) is 14.4. The maximum atomic E-state index is 11.2. The number of carbonyl (C=O) groups is 1. The van der Waals surface area contributed by atoms with Gasteiger partial charge in [-0.15, -0.1) is 22.0 Å². The molecule has 1 aromatic heterocycles. The Kier molecular flexibility index (Phi) is 6.34. The van der Waals surface area contributed by atoms with E-state index in [1.807, 2.05) is 13.8 Å². The first-order valence-electron chi connectivity index (χ1n) is 6.47. The topological polar surface area (TPSA) is 65.2 Å². The highest BCUT2D eigenvalue weighted by Gasteiger charge is 2.19. The van der Waals surface area contributed by atoms with E-state index in [0.717, 1.165) is 6.42 Å². The van der Waals surface area contributed by atoms with E-state index >= 15 is 0 Å². The third-order valence-electron chi connectivity index (χ3n) is 2.53. The Hall–Kier alpha value is -1.04. The number of aromatic nitrogens is 2. The van der Waals surface area contributed by atoms with Crippen LogP contribution in [-0.4, -0.2) is 28.5 Å². The first kappa shape index (κ1) is 16.0. The van der Waals surface area contributed by atoms with Crippen LogP contribution in [0.15, 0.2) is 4.42 Å². The van der Waals surface area contributed by atoms with Gasteiger partial charge in [0.2, 0.25) is 11.8 Å². The van der Waals surface area contributed by atoms with E-state index in [4.69, 9.17) is 4.42 Å². The summed E-state index contributed by atoms with van der Waals surface area (Å²) in [6, 6.07) is 0. The molecule has 0 N–H and O–H groups in total. The molecule has 0 bridgehead atoms. The van der Waals surface area contributed by atoms with Crippen molar-refractivity contribution in [3.8, 4) is 0 Å². The summed E-state index contributed by atoms with van der Waals surface area (Å²) < 4.78 is 10.3. The van der Waals surface area contributed by atoms with Crippen LogP contribution in [0.25, 0.3) is 0 Å². The first-order chi connectivity index (χ1) is 8.92. The lowest BCUT2D eigenvalue weighted by Gasteiger charge is -2.13. The molecule has 0 aliphatic rings. The van der Waals surface area contributed by atoms with Crippen molar-refractivity contribution in [2.45, 2.75) is 51.0 Å². The van der Waals surface area contributed by atoms with Gasteiger partial charge >= 0.3 is 5.97 Å². The molecular formula is C13H22N2O3S. The zero-order valence-corrected chi connectivity index (χ0v) is 13.0. The van der Waals surface area contributed by atoms with Gasteiger partial charge in [-0.05, 0) is 12.8 Å². The van der Waals surface area contributed by atoms with Crippen LogP contribution >= 0.6 is 11.8 Å². The van der Waals surface area contributed by atoms with Gasteiger partial charge in [0.1, 0.15) is 0 Å². The Bertz CT molecular complexity index is 406. The van der Waals surface area contributed by atoms with Crippen LogP contribution < -0.4 is 0 Å². The normalized spacial score (nSPS) is 14.4. The second-order valence-electron chi connectivity index (χ2n) is 5.00. The molecule has 2 atom stereocenters. The highest BCUT2D eigenvalue weighted by molar-refractivity contribution is 8.00. The Morgan fingerprint density at radius 3 is 2.58 bits per heavy atom. The second kappa shape index (κ2) is 7.53. The Labute approximate surface area is 118 Å². The molecule has 0 saturated heterocycles. The van der Waals surface area contributed by atoms with Crippen molar-refractivity contribution < 1.29 is 13.9 Å². The third kappa shape index (κ3) is 5.63. The zero-order valence-electron chi connectivity index (χ0n) is 12.2. The van der Waals surface area contributed by atoms with Crippen molar-refractivity contribution in [3.05, 3.63) is 11.8 Å². The summed E-state index contributed by atoms with van der Waals surface area (Å²) in [7, 11) is 1.40. The molecule has 0 spiro atoms. The summed E-state index contributed by atoms with van der Waals surface area (Å²) in [5.74, 6) is 1.60. The SMILES string of the molecule is COC(=O)C[C@H](C)S[C@@H](C)c1nnc(CC(C)C)o1. The number of esters is 1.